The molecule has 1 aliphatic heterocycles. The van der Waals surface area contributed by atoms with Crippen LogP contribution in [0.5, 0.6) is 0 Å². The monoisotopic (exact) mass is 454 g/mol. The molecule has 0 bridgehead atoms. The summed E-state index contributed by atoms with van der Waals surface area (Å²) >= 11 is 0. The fourth-order valence-electron chi connectivity index (χ4n) is 4.02. The van der Waals surface area contributed by atoms with Crippen LogP contribution in [0.2, 0.25) is 0 Å². The molecule has 8 heteroatoms. The maximum Gasteiger partial charge on any atom is 0.252 e. The number of aryl methyl sites for hydroxylation is 1. The zero-order valence-corrected chi connectivity index (χ0v) is 18.9. The van der Waals surface area contributed by atoms with Gasteiger partial charge in [0.05, 0.1) is 16.5 Å². The van der Waals surface area contributed by atoms with Gasteiger partial charge in [0.2, 0.25) is 10.0 Å². The number of aromatic nitrogens is 1. The van der Waals surface area contributed by atoms with Gasteiger partial charge in [-0.3, -0.25) is 9.59 Å². The largest absolute Gasteiger partial charge is 0.377 e. The number of nitrogens with zero attached hydrogens (tertiary/aromatic N) is 1. The number of ketones is 1. The summed E-state index contributed by atoms with van der Waals surface area (Å²) in [6.07, 6.45) is 1.39. The molecule has 32 heavy (non-hydrogen) atoms. The molecular formula is C24H26N2O5S. The summed E-state index contributed by atoms with van der Waals surface area (Å²) in [6, 6.07) is 13.4. The molecule has 1 aromatic heterocycles. The summed E-state index contributed by atoms with van der Waals surface area (Å²) in [7, 11) is -3.97. The first-order valence-corrected chi connectivity index (χ1v) is 12.0. The standard InChI is InChI=1S/C24H26N2O5S/c1-16-6-3-8-19-12-20(24(28)25-23(16)19)14-26(15-21-9-5-11-31-21)32(29,30)22-10-4-7-18(13-22)17(2)27/h3-4,6-8,10,12-13,21H,5,9,11,14-15H2,1-2H3,(H,25,28). The van der Waals surface area contributed by atoms with Gasteiger partial charge < -0.3 is 9.72 Å². The minimum absolute atomic E-state index is 0.0243. The summed E-state index contributed by atoms with van der Waals surface area (Å²) in [5.41, 5.74) is 2.03. The van der Waals surface area contributed by atoms with Crippen LogP contribution in [-0.2, 0) is 21.3 Å². The topological polar surface area (TPSA) is 96.5 Å². The minimum Gasteiger partial charge on any atom is -0.377 e. The van der Waals surface area contributed by atoms with E-state index in [0.717, 1.165) is 29.3 Å². The maximum absolute atomic E-state index is 13.6. The lowest BCUT2D eigenvalue weighted by Crippen LogP contribution is -2.38. The average molecular weight is 455 g/mol. The lowest BCUT2D eigenvalue weighted by Gasteiger charge is -2.25. The summed E-state index contributed by atoms with van der Waals surface area (Å²) in [5, 5.41) is 0.840. The van der Waals surface area contributed by atoms with Crippen LogP contribution in [-0.4, -0.2) is 42.7 Å². The number of fused-ring (bicyclic) bond motifs is 1. The van der Waals surface area contributed by atoms with Crippen molar-refractivity contribution in [1.29, 1.82) is 0 Å². The summed E-state index contributed by atoms with van der Waals surface area (Å²) in [6.45, 7) is 3.94. The molecule has 7 nitrogen and oxygen atoms in total. The van der Waals surface area contributed by atoms with E-state index in [1.54, 1.807) is 18.2 Å². The molecule has 1 saturated heterocycles. The predicted octanol–water partition coefficient (Wildman–Crippen LogP) is 3.41. The van der Waals surface area contributed by atoms with Crippen LogP contribution in [0, 0.1) is 6.92 Å². The average Bonchev–Trinajstić information content (AvgIpc) is 3.28. The number of ether oxygens (including phenoxy) is 1. The summed E-state index contributed by atoms with van der Waals surface area (Å²) < 4.78 is 34.1. The molecule has 0 aliphatic carbocycles. The highest BCUT2D eigenvalue weighted by Crippen LogP contribution is 2.24. The molecule has 3 aromatic rings. The SMILES string of the molecule is CC(=O)c1cccc(S(=O)(=O)N(Cc2cc3cccc(C)c3[nH]c2=O)CC2CCCO2)c1. The number of carbonyl (C=O) groups excluding carboxylic acids is 1. The van der Waals surface area contributed by atoms with Crippen molar-refractivity contribution in [3.8, 4) is 0 Å². The van der Waals surface area contributed by atoms with Crippen molar-refractivity contribution in [2.24, 2.45) is 0 Å². The van der Waals surface area contributed by atoms with Crippen molar-refractivity contribution in [3.63, 3.8) is 0 Å². The molecule has 0 amide bonds. The number of carbonyl (C=O) groups is 1. The second-order valence-corrected chi connectivity index (χ2v) is 10.1. The Morgan fingerprint density at radius 2 is 1.97 bits per heavy atom. The minimum atomic E-state index is -3.97. The Bertz CT molecular complexity index is 1320. The van der Waals surface area contributed by atoms with E-state index in [4.69, 9.17) is 4.74 Å². The first-order valence-electron chi connectivity index (χ1n) is 10.6. The van der Waals surface area contributed by atoms with Crippen LogP contribution < -0.4 is 5.56 Å². The number of benzene rings is 2. The first kappa shape index (κ1) is 22.4. The quantitative estimate of drug-likeness (QED) is 0.552. The Morgan fingerprint density at radius 3 is 2.69 bits per heavy atom. The third-order valence-corrected chi connectivity index (χ3v) is 7.63. The van der Waals surface area contributed by atoms with Crippen molar-refractivity contribution in [1.82, 2.24) is 9.29 Å². The van der Waals surface area contributed by atoms with E-state index in [1.165, 1.54) is 23.4 Å². The zero-order chi connectivity index (χ0) is 22.9. The van der Waals surface area contributed by atoms with Crippen molar-refractivity contribution < 1.29 is 17.9 Å². The predicted molar refractivity (Wildman–Crippen MR) is 122 cm³/mol. The molecule has 1 fully saturated rings. The molecular weight excluding hydrogens is 428 g/mol. The van der Waals surface area contributed by atoms with Gasteiger partial charge in [0.25, 0.3) is 5.56 Å². The van der Waals surface area contributed by atoms with E-state index >= 15 is 0 Å². The van der Waals surface area contributed by atoms with Crippen molar-refractivity contribution in [2.45, 2.75) is 44.2 Å². The molecule has 1 aliphatic rings. The van der Waals surface area contributed by atoms with Gasteiger partial charge in [-0.15, -0.1) is 0 Å². The van der Waals surface area contributed by atoms with Crippen molar-refractivity contribution in [3.05, 3.63) is 75.6 Å². The lowest BCUT2D eigenvalue weighted by atomic mass is 10.1. The highest BCUT2D eigenvalue weighted by atomic mass is 32.2. The lowest BCUT2D eigenvalue weighted by molar-refractivity contribution is 0.0925. The van der Waals surface area contributed by atoms with Gasteiger partial charge in [0.15, 0.2) is 5.78 Å². The molecule has 4 rings (SSSR count). The van der Waals surface area contributed by atoms with Crippen LogP contribution in [0.4, 0.5) is 0 Å². The molecule has 0 spiro atoms. The number of hydrogen-bond acceptors (Lipinski definition) is 5. The Hall–Kier alpha value is -2.81. The maximum atomic E-state index is 13.6. The second-order valence-electron chi connectivity index (χ2n) is 8.18. The van der Waals surface area contributed by atoms with Crippen molar-refractivity contribution >= 4 is 26.7 Å². The van der Waals surface area contributed by atoms with Crippen LogP contribution in [0.15, 0.2) is 58.2 Å². The van der Waals surface area contributed by atoms with Crippen molar-refractivity contribution in [2.75, 3.05) is 13.2 Å². The van der Waals surface area contributed by atoms with Crippen LogP contribution >= 0.6 is 0 Å². The number of nitrogens with one attached hydrogen (secondary N) is 1. The van der Waals surface area contributed by atoms with E-state index in [2.05, 4.69) is 4.98 Å². The third-order valence-electron chi connectivity index (χ3n) is 5.82. The Balaban J connectivity index is 1.75. The third kappa shape index (κ3) is 4.53. The smallest absolute Gasteiger partial charge is 0.252 e. The fraction of sp³-hybridized carbons (Fsp3) is 0.333. The number of hydrogen-bond donors (Lipinski definition) is 1. The van der Waals surface area contributed by atoms with E-state index < -0.39 is 10.0 Å². The Labute approximate surface area is 187 Å². The van der Waals surface area contributed by atoms with Gasteiger partial charge in [-0.1, -0.05) is 30.3 Å². The summed E-state index contributed by atoms with van der Waals surface area (Å²) in [5.74, 6) is -0.214. The number of aromatic amines is 1. The van der Waals surface area contributed by atoms with Crippen LogP contribution in [0.1, 0.15) is 41.3 Å². The molecule has 1 unspecified atom stereocenters. The Morgan fingerprint density at radius 1 is 1.19 bits per heavy atom. The van der Waals surface area contributed by atoms with E-state index in [0.29, 0.717) is 17.7 Å². The molecule has 2 heterocycles. The van der Waals surface area contributed by atoms with E-state index in [9.17, 15) is 18.0 Å². The Kier molecular flexibility index (Phi) is 6.28. The van der Waals surface area contributed by atoms with Crippen LogP contribution in [0.3, 0.4) is 0 Å². The number of Topliss-reactive ketones (excluding diaryl/α,β-unsaturated/α-hetero) is 1. The number of H-pyrrole nitrogens is 1. The molecule has 168 valence electrons. The van der Waals surface area contributed by atoms with Gasteiger partial charge >= 0.3 is 0 Å². The van der Waals surface area contributed by atoms with E-state index in [1.807, 2.05) is 25.1 Å². The first-order chi connectivity index (χ1) is 15.3. The molecule has 0 saturated carbocycles. The highest BCUT2D eigenvalue weighted by molar-refractivity contribution is 7.89. The zero-order valence-electron chi connectivity index (χ0n) is 18.1. The summed E-state index contributed by atoms with van der Waals surface area (Å²) in [4.78, 5) is 27.5. The number of rotatable bonds is 7. The van der Waals surface area contributed by atoms with Gasteiger partial charge in [-0.05, 0) is 55.8 Å². The fourth-order valence-corrected chi connectivity index (χ4v) is 5.52. The molecule has 0 radical (unpaired) electrons. The molecule has 1 N–H and O–H groups in total. The molecule has 2 aromatic carbocycles. The van der Waals surface area contributed by atoms with Gasteiger partial charge in [0, 0.05) is 30.8 Å². The second kappa shape index (κ2) is 8.97. The van der Waals surface area contributed by atoms with Crippen LogP contribution in [0.25, 0.3) is 10.9 Å². The molecule has 1 atom stereocenters. The van der Waals surface area contributed by atoms with Gasteiger partial charge in [-0.25, -0.2) is 8.42 Å². The normalized spacial score (nSPS) is 16.7. The number of sulfonamides is 1. The van der Waals surface area contributed by atoms with Gasteiger partial charge in [-0.2, -0.15) is 4.31 Å². The number of pyridine rings is 1. The number of para-hydroxylation sites is 1. The highest BCUT2D eigenvalue weighted by Gasteiger charge is 2.30. The van der Waals surface area contributed by atoms with Gasteiger partial charge in [0.1, 0.15) is 0 Å². The van der Waals surface area contributed by atoms with E-state index in [-0.39, 0.29) is 35.4 Å².